The van der Waals surface area contributed by atoms with Crippen molar-refractivity contribution in [3.63, 3.8) is 0 Å². The summed E-state index contributed by atoms with van der Waals surface area (Å²) in [6.45, 7) is 4.71. The van der Waals surface area contributed by atoms with Gasteiger partial charge in [0.2, 0.25) is 0 Å². The van der Waals surface area contributed by atoms with Crippen molar-refractivity contribution in [3.8, 4) is 0 Å². The summed E-state index contributed by atoms with van der Waals surface area (Å²) in [5.41, 5.74) is -0.596. The number of ether oxygens (including phenoxy) is 2. The van der Waals surface area contributed by atoms with E-state index in [9.17, 15) is 18.0 Å². The second-order valence-electron chi connectivity index (χ2n) is 5.26. The molecule has 0 aliphatic carbocycles. The Morgan fingerprint density at radius 1 is 1.39 bits per heavy atom. The van der Waals surface area contributed by atoms with E-state index < -0.39 is 29.9 Å². The number of nitrogens with one attached hydrogen (secondary N) is 1. The summed E-state index contributed by atoms with van der Waals surface area (Å²) in [4.78, 5) is 11.5. The predicted octanol–water partition coefficient (Wildman–Crippen LogP) is 1.64. The molecular formula is C11H18F3NO3. The number of carbonyl (C=O) groups excluding carboxylic acids is 1. The van der Waals surface area contributed by atoms with Crippen LogP contribution in [-0.2, 0) is 14.3 Å². The monoisotopic (exact) mass is 269 g/mol. The minimum atomic E-state index is -4.37. The predicted molar refractivity (Wildman–Crippen MR) is 58.0 cm³/mol. The third-order valence-corrected chi connectivity index (χ3v) is 2.29. The lowest BCUT2D eigenvalue weighted by molar-refractivity contribution is -0.229. The number of hydrogen-bond acceptors (Lipinski definition) is 4. The van der Waals surface area contributed by atoms with E-state index in [4.69, 9.17) is 9.47 Å². The van der Waals surface area contributed by atoms with Crippen LogP contribution in [0.25, 0.3) is 0 Å². The molecule has 0 radical (unpaired) electrons. The van der Waals surface area contributed by atoms with Crippen LogP contribution in [0.2, 0.25) is 0 Å². The second-order valence-corrected chi connectivity index (χ2v) is 5.26. The molecule has 106 valence electrons. The number of morpholine rings is 1. The molecule has 1 aliphatic heterocycles. The summed E-state index contributed by atoms with van der Waals surface area (Å²) in [5, 5.41) is 2.65. The Balaban J connectivity index is 2.34. The lowest BCUT2D eigenvalue weighted by Gasteiger charge is -2.31. The number of rotatable bonds is 2. The van der Waals surface area contributed by atoms with Gasteiger partial charge in [0.1, 0.15) is 5.60 Å². The molecule has 1 N–H and O–H groups in total. The Hall–Kier alpha value is -0.820. The highest BCUT2D eigenvalue weighted by molar-refractivity contribution is 5.70. The molecule has 0 aromatic carbocycles. The van der Waals surface area contributed by atoms with Gasteiger partial charge in [-0.3, -0.25) is 4.79 Å². The number of carbonyl (C=O) groups is 1. The maximum atomic E-state index is 12.3. The zero-order valence-corrected chi connectivity index (χ0v) is 10.6. The first-order chi connectivity index (χ1) is 8.08. The molecule has 18 heavy (non-hydrogen) atoms. The second kappa shape index (κ2) is 5.44. The van der Waals surface area contributed by atoms with Crippen molar-refractivity contribution in [1.29, 1.82) is 0 Å². The number of hydrogen-bond donors (Lipinski definition) is 1. The molecular weight excluding hydrogens is 251 g/mol. The molecule has 0 spiro atoms. The molecule has 1 fully saturated rings. The first-order valence-electron chi connectivity index (χ1n) is 5.71. The van der Waals surface area contributed by atoms with E-state index in [-0.39, 0.29) is 19.6 Å². The summed E-state index contributed by atoms with van der Waals surface area (Å²) in [6, 6.07) is -0.432. The average molecular weight is 269 g/mol. The first kappa shape index (κ1) is 15.2. The molecule has 2 atom stereocenters. The van der Waals surface area contributed by atoms with E-state index in [0.29, 0.717) is 0 Å². The SMILES string of the molecule is CC(C)(C)OC(=O)C[C@@H]1CO[C@@H](C(F)(F)F)CN1. The Morgan fingerprint density at radius 2 is 2.00 bits per heavy atom. The molecule has 0 unspecified atom stereocenters. The van der Waals surface area contributed by atoms with Crippen molar-refractivity contribution in [2.24, 2.45) is 0 Å². The van der Waals surface area contributed by atoms with Gasteiger partial charge >= 0.3 is 12.1 Å². The molecule has 0 amide bonds. The fourth-order valence-corrected chi connectivity index (χ4v) is 1.55. The van der Waals surface area contributed by atoms with Gasteiger partial charge in [-0.1, -0.05) is 0 Å². The first-order valence-corrected chi connectivity index (χ1v) is 5.71. The van der Waals surface area contributed by atoms with Crippen LogP contribution >= 0.6 is 0 Å². The van der Waals surface area contributed by atoms with Crippen molar-refractivity contribution in [1.82, 2.24) is 5.32 Å². The van der Waals surface area contributed by atoms with Crippen molar-refractivity contribution in [3.05, 3.63) is 0 Å². The molecule has 1 heterocycles. The molecule has 4 nitrogen and oxygen atoms in total. The summed E-state index contributed by atoms with van der Waals surface area (Å²) in [6.07, 6.45) is -6.17. The molecule has 1 rings (SSSR count). The Bertz CT molecular complexity index is 291. The highest BCUT2D eigenvalue weighted by Crippen LogP contribution is 2.24. The number of halogens is 3. The van der Waals surface area contributed by atoms with Gasteiger partial charge in [-0.2, -0.15) is 13.2 Å². The summed E-state index contributed by atoms with van der Waals surface area (Å²) in [7, 11) is 0. The van der Waals surface area contributed by atoms with Crippen molar-refractivity contribution < 1.29 is 27.4 Å². The van der Waals surface area contributed by atoms with Crippen LogP contribution in [-0.4, -0.2) is 43.0 Å². The summed E-state index contributed by atoms with van der Waals surface area (Å²) >= 11 is 0. The largest absolute Gasteiger partial charge is 0.460 e. The van der Waals surface area contributed by atoms with Crippen LogP contribution in [0.1, 0.15) is 27.2 Å². The average Bonchev–Trinajstić information content (AvgIpc) is 2.13. The smallest absolute Gasteiger partial charge is 0.415 e. The Labute approximate surface area is 104 Å². The topological polar surface area (TPSA) is 47.6 Å². The third-order valence-electron chi connectivity index (χ3n) is 2.29. The van der Waals surface area contributed by atoms with E-state index in [0.717, 1.165) is 0 Å². The summed E-state index contributed by atoms with van der Waals surface area (Å²) < 4.78 is 46.7. The van der Waals surface area contributed by atoms with Crippen LogP contribution in [0.3, 0.4) is 0 Å². The van der Waals surface area contributed by atoms with Crippen LogP contribution < -0.4 is 5.32 Å². The van der Waals surface area contributed by atoms with E-state index >= 15 is 0 Å². The van der Waals surface area contributed by atoms with E-state index in [1.165, 1.54) is 0 Å². The Kier molecular flexibility index (Phi) is 4.61. The highest BCUT2D eigenvalue weighted by Gasteiger charge is 2.43. The van der Waals surface area contributed by atoms with E-state index in [1.807, 2.05) is 0 Å². The normalized spacial score (nSPS) is 25.9. The standard InChI is InChI=1S/C11H18F3NO3/c1-10(2,3)18-9(16)4-7-6-17-8(5-15-7)11(12,13)14/h7-8,15H,4-6H2,1-3H3/t7-,8-/m1/s1. The maximum Gasteiger partial charge on any atom is 0.415 e. The molecule has 0 bridgehead atoms. The van der Waals surface area contributed by atoms with Gasteiger partial charge in [0.05, 0.1) is 13.0 Å². The van der Waals surface area contributed by atoms with Crippen LogP contribution in [0.5, 0.6) is 0 Å². The van der Waals surface area contributed by atoms with Gasteiger partial charge in [-0.15, -0.1) is 0 Å². The molecule has 0 saturated carbocycles. The fraction of sp³-hybridized carbons (Fsp3) is 0.909. The van der Waals surface area contributed by atoms with Crippen molar-refractivity contribution in [2.75, 3.05) is 13.2 Å². The minimum Gasteiger partial charge on any atom is -0.460 e. The van der Waals surface area contributed by atoms with E-state index in [2.05, 4.69) is 5.32 Å². The van der Waals surface area contributed by atoms with Gasteiger partial charge in [0.15, 0.2) is 6.10 Å². The van der Waals surface area contributed by atoms with Gasteiger partial charge in [0, 0.05) is 12.6 Å². The van der Waals surface area contributed by atoms with Crippen molar-refractivity contribution in [2.45, 2.75) is 51.1 Å². The lowest BCUT2D eigenvalue weighted by atomic mass is 10.1. The number of esters is 1. The van der Waals surface area contributed by atoms with Gasteiger partial charge in [-0.25, -0.2) is 0 Å². The molecule has 1 aliphatic rings. The highest BCUT2D eigenvalue weighted by atomic mass is 19.4. The Morgan fingerprint density at radius 3 is 2.39 bits per heavy atom. The molecule has 7 heteroatoms. The lowest BCUT2D eigenvalue weighted by Crippen LogP contribution is -2.52. The zero-order valence-electron chi connectivity index (χ0n) is 10.6. The van der Waals surface area contributed by atoms with Crippen LogP contribution in [0, 0.1) is 0 Å². The minimum absolute atomic E-state index is 0.00183. The quantitative estimate of drug-likeness (QED) is 0.774. The van der Waals surface area contributed by atoms with Crippen LogP contribution in [0.4, 0.5) is 13.2 Å². The zero-order chi connectivity index (χ0) is 14.0. The van der Waals surface area contributed by atoms with Crippen molar-refractivity contribution >= 4 is 5.97 Å². The summed E-state index contributed by atoms with van der Waals surface area (Å²) in [5.74, 6) is -0.450. The van der Waals surface area contributed by atoms with Gasteiger partial charge < -0.3 is 14.8 Å². The third kappa shape index (κ3) is 5.22. The molecule has 1 saturated heterocycles. The molecule has 0 aromatic heterocycles. The van der Waals surface area contributed by atoms with Gasteiger partial charge in [-0.05, 0) is 20.8 Å². The molecule has 0 aromatic rings. The maximum absolute atomic E-state index is 12.3. The van der Waals surface area contributed by atoms with Gasteiger partial charge in [0.25, 0.3) is 0 Å². The van der Waals surface area contributed by atoms with Crippen LogP contribution in [0.15, 0.2) is 0 Å². The number of alkyl halides is 3. The van der Waals surface area contributed by atoms with E-state index in [1.54, 1.807) is 20.8 Å². The fourth-order valence-electron chi connectivity index (χ4n) is 1.55.